The minimum absolute atomic E-state index is 0.0641. The van der Waals surface area contributed by atoms with Crippen molar-refractivity contribution in [3.63, 3.8) is 0 Å². The van der Waals surface area contributed by atoms with Crippen LogP contribution >= 0.6 is 0 Å². The number of hydrogen-bond acceptors (Lipinski definition) is 7. The van der Waals surface area contributed by atoms with Gasteiger partial charge in [0.05, 0.1) is 6.26 Å². The van der Waals surface area contributed by atoms with Crippen LogP contribution in [-0.4, -0.2) is 53.3 Å². The highest BCUT2D eigenvalue weighted by Crippen LogP contribution is 2.21. The van der Waals surface area contributed by atoms with E-state index in [-0.39, 0.29) is 35.9 Å². The Balaban J connectivity index is 1.29. The van der Waals surface area contributed by atoms with Gasteiger partial charge in [-0.05, 0) is 31.9 Å². The van der Waals surface area contributed by atoms with Crippen LogP contribution in [0.15, 0.2) is 33.4 Å². The first-order valence-electron chi connectivity index (χ1n) is 9.19. The van der Waals surface area contributed by atoms with Gasteiger partial charge in [0.25, 0.3) is 5.91 Å². The van der Waals surface area contributed by atoms with Gasteiger partial charge in [0.2, 0.25) is 11.7 Å². The van der Waals surface area contributed by atoms with Crippen LogP contribution in [0.4, 0.5) is 0 Å². The van der Waals surface area contributed by atoms with E-state index >= 15 is 0 Å². The van der Waals surface area contributed by atoms with Crippen LogP contribution in [0.25, 0.3) is 11.5 Å². The highest BCUT2D eigenvalue weighted by atomic mass is 16.5. The van der Waals surface area contributed by atoms with Gasteiger partial charge >= 0.3 is 0 Å². The van der Waals surface area contributed by atoms with Crippen molar-refractivity contribution in [2.24, 2.45) is 0 Å². The Hall–Kier alpha value is -2.65. The topological polar surface area (TPSA) is 113 Å². The van der Waals surface area contributed by atoms with Crippen LogP contribution in [0.2, 0.25) is 0 Å². The van der Waals surface area contributed by atoms with E-state index in [4.69, 9.17) is 8.94 Å². The number of amides is 2. The molecule has 2 aliphatic rings. The van der Waals surface area contributed by atoms with Crippen molar-refractivity contribution < 1.29 is 18.5 Å². The van der Waals surface area contributed by atoms with Crippen molar-refractivity contribution in [1.82, 2.24) is 26.0 Å². The fraction of sp³-hybridized carbons (Fsp3) is 0.500. The van der Waals surface area contributed by atoms with Gasteiger partial charge in [0, 0.05) is 37.7 Å². The summed E-state index contributed by atoms with van der Waals surface area (Å²) in [5.41, 5.74) is 0.235. The molecule has 2 amide bonds. The lowest BCUT2D eigenvalue weighted by Crippen LogP contribution is -2.65. The summed E-state index contributed by atoms with van der Waals surface area (Å²) < 4.78 is 10.4. The third-order valence-corrected chi connectivity index (χ3v) is 4.97. The third-order valence-electron chi connectivity index (χ3n) is 4.97. The molecule has 2 fully saturated rings. The molecule has 9 nitrogen and oxygen atoms in total. The van der Waals surface area contributed by atoms with Gasteiger partial charge in [-0.1, -0.05) is 5.16 Å². The van der Waals surface area contributed by atoms with E-state index < -0.39 is 0 Å². The van der Waals surface area contributed by atoms with E-state index in [1.165, 1.54) is 6.26 Å². The van der Waals surface area contributed by atoms with Crippen LogP contribution in [0.3, 0.4) is 0 Å². The molecule has 27 heavy (non-hydrogen) atoms. The molecule has 2 unspecified atom stereocenters. The Morgan fingerprint density at radius 1 is 1.33 bits per heavy atom. The monoisotopic (exact) mass is 373 g/mol. The van der Waals surface area contributed by atoms with Gasteiger partial charge in [-0.25, -0.2) is 0 Å². The zero-order valence-electron chi connectivity index (χ0n) is 15.1. The van der Waals surface area contributed by atoms with Crippen LogP contribution < -0.4 is 16.0 Å². The molecule has 2 aromatic rings. The minimum atomic E-state index is -0.257. The number of rotatable bonds is 4. The molecule has 0 aromatic carbocycles. The molecule has 4 rings (SSSR count). The van der Waals surface area contributed by atoms with E-state index in [1.807, 2.05) is 6.92 Å². The lowest BCUT2D eigenvalue weighted by molar-refractivity contribution is -0.127. The fourth-order valence-electron chi connectivity index (χ4n) is 3.53. The standard InChI is InChI=1S/C18H23N5O4/c1-11-9-16(24)21-18(19-11)23-6-4-12(5-7-23)20-17(25)13-10-15(27-22-13)14-3-2-8-26-14/h2-3,8,10-12,18-19H,4-7,9H2,1H3,(H,20,25)(H,21,24). The third kappa shape index (κ3) is 4.04. The summed E-state index contributed by atoms with van der Waals surface area (Å²) >= 11 is 0. The number of carbonyl (C=O) groups is 2. The van der Waals surface area contributed by atoms with Gasteiger partial charge in [-0.2, -0.15) is 0 Å². The summed E-state index contributed by atoms with van der Waals surface area (Å²) in [6.07, 6.45) is 3.51. The average molecular weight is 373 g/mol. The van der Waals surface area contributed by atoms with Crippen molar-refractivity contribution >= 4 is 11.8 Å². The normalized spacial score (nSPS) is 24.6. The highest BCUT2D eigenvalue weighted by Gasteiger charge is 2.31. The molecule has 2 atom stereocenters. The molecule has 9 heteroatoms. The number of nitrogens with zero attached hydrogens (tertiary/aromatic N) is 2. The van der Waals surface area contributed by atoms with Crippen molar-refractivity contribution in [2.75, 3.05) is 13.1 Å². The SMILES string of the molecule is CC1CC(=O)NC(N2CCC(NC(=O)c3cc(-c4ccco4)on3)CC2)N1. The predicted octanol–water partition coefficient (Wildman–Crippen LogP) is 0.910. The summed E-state index contributed by atoms with van der Waals surface area (Å²) in [4.78, 5) is 26.3. The summed E-state index contributed by atoms with van der Waals surface area (Å²) in [7, 11) is 0. The molecule has 0 radical (unpaired) electrons. The van der Waals surface area contributed by atoms with Gasteiger partial charge in [-0.15, -0.1) is 0 Å². The number of carbonyl (C=O) groups excluding carboxylic acids is 2. The molecule has 0 bridgehead atoms. The number of furan rings is 1. The van der Waals surface area contributed by atoms with Crippen LogP contribution in [0.5, 0.6) is 0 Å². The first-order chi connectivity index (χ1) is 13.1. The van der Waals surface area contributed by atoms with E-state index in [0.717, 1.165) is 25.9 Å². The van der Waals surface area contributed by atoms with Gasteiger partial charge in [0.15, 0.2) is 11.5 Å². The zero-order valence-corrected chi connectivity index (χ0v) is 15.1. The van der Waals surface area contributed by atoms with Crippen molar-refractivity contribution in [3.05, 3.63) is 30.2 Å². The first kappa shape index (κ1) is 17.7. The van der Waals surface area contributed by atoms with Gasteiger partial charge in [-0.3, -0.25) is 19.8 Å². The summed E-state index contributed by atoms with van der Waals surface area (Å²) in [5, 5.41) is 13.2. The number of likely N-dealkylation sites (tertiary alicyclic amines) is 1. The first-order valence-corrected chi connectivity index (χ1v) is 9.19. The van der Waals surface area contributed by atoms with Crippen LogP contribution in [-0.2, 0) is 4.79 Å². The summed E-state index contributed by atoms with van der Waals surface area (Å²) in [6, 6.07) is 5.30. The van der Waals surface area contributed by atoms with E-state index in [9.17, 15) is 9.59 Å². The summed E-state index contributed by atoms with van der Waals surface area (Å²) in [6.45, 7) is 3.58. The molecular weight excluding hydrogens is 350 g/mol. The van der Waals surface area contributed by atoms with Gasteiger partial charge < -0.3 is 19.6 Å². The number of piperidine rings is 1. The Labute approximate surface area is 156 Å². The molecule has 0 spiro atoms. The number of nitrogens with one attached hydrogen (secondary N) is 3. The van der Waals surface area contributed by atoms with Crippen molar-refractivity contribution in [1.29, 1.82) is 0 Å². The van der Waals surface area contributed by atoms with Gasteiger partial charge in [0.1, 0.15) is 6.29 Å². The summed E-state index contributed by atoms with van der Waals surface area (Å²) in [5.74, 6) is 0.770. The molecule has 144 valence electrons. The molecule has 3 N–H and O–H groups in total. The van der Waals surface area contributed by atoms with Crippen LogP contribution in [0.1, 0.15) is 36.7 Å². The lowest BCUT2D eigenvalue weighted by atomic mass is 10.0. The predicted molar refractivity (Wildman–Crippen MR) is 95.4 cm³/mol. The Bertz CT molecular complexity index is 795. The fourth-order valence-corrected chi connectivity index (χ4v) is 3.53. The second kappa shape index (κ2) is 7.53. The maximum Gasteiger partial charge on any atom is 0.273 e. The highest BCUT2D eigenvalue weighted by molar-refractivity contribution is 5.93. The molecule has 2 saturated heterocycles. The van der Waals surface area contributed by atoms with E-state index in [0.29, 0.717) is 17.9 Å². The molecule has 2 aromatic heterocycles. The average Bonchev–Trinajstić information content (AvgIpc) is 3.33. The van der Waals surface area contributed by atoms with E-state index in [1.54, 1.807) is 18.2 Å². The van der Waals surface area contributed by atoms with E-state index in [2.05, 4.69) is 26.0 Å². The molecular formula is C18H23N5O4. The smallest absolute Gasteiger partial charge is 0.273 e. The molecule has 2 aliphatic heterocycles. The maximum atomic E-state index is 12.4. The molecule has 0 saturated carbocycles. The van der Waals surface area contributed by atoms with Crippen molar-refractivity contribution in [2.45, 2.75) is 44.6 Å². The lowest BCUT2D eigenvalue weighted by Gasteiger charge is -2.41. The minimum Gasteiger partial charge on any atom is -0.461 e. The largest absolute Gasteiger partial charge is 0.461 e. The number of aromatic nitrogens is 1. The molecule has 0 aliphatic carbocycles. The number of hydrogen-bond donors (Lipinski definition) is 3. The quantitative estimate of drug-likeness (QED) is 0.730. The van der Waals surface area contributed by atoms with Crippen LogP contribution in [0, 0.1) is 0 Å². The molecule has 4 heterocycles. The second-order valence-electron chi connectivity index (χ2n) is 7.08. The Kier molecular flexibility index (Phi) is 4.95. The van der Waals surface area contributed by atoms with Crippen molar-refractivity contribution in [3.8, 4) is 11.5 Å². The Morgan fingerprint density at radius 2 is 2.15 bits per heavy atom. The zero-order chi connectivity index (χ0) is 18.8. The Morgan fingerprint density at radius 3 is 2.85 bits per heavy atom. The maximum absolute atomic E-state index is 12.4. The second-order valence-corrected chi connectivity index (χ2v) is 7.08.